The van der Waals surface area contributed by atoms with Crippen molar-refractivity contribution in [1.82, 2.24) is 10.3 Å². The Morgan fingerprint density at radius 2 is 2.53 bits per heavy atom. The van der Waals surface area contributed by atoms with Gasteiger partial charge >= 0.3 is 0 Å². The van der Waals surface area contributed by atoms with Gasteiger partial charge in [-0.3, -0.25) is 0 Å². The molecule has 1 aromatic heterocycles. The number of rotatable bonds is 4. The second kappa shape index (κ2) is 6.19. The predicted molar refractivity (Wildman–Crippen MR) is 69.6 cm³/mol. The minimum atomic E-state index is 0.333. The number of anilines is 1. The van der Waals surface area contributed by atoms with Crippen LogP contribution in [0.4, 0.5) is 5.82 Å². The molecule has 1 aliphatic rings. The maximum atomic E-state index is 5.84. The number of hydrogen-bond acceptors (Lipinski definition) is 4. The molecule has 2 heterocycles. The van der Waals surface area contributed by atoms with Crippen molar-refractivity contribution in [3.05, 3.63) is 23.4 Å². The van der Waals surface area contributed by atoms with Crippen molar-refractivity contribution in [2.75, 3.05) is 25.1 Å². The van der Waals surface area contributed by atoms with Crippen LogP contribution in [0.2, 0.25) is 5.15 Å². The number of hydrogen-bond donors (Lipinski definition) is 2. The van der Waals surface area contributed by atoms with Crippen LogP contribution in [0.25, 0.3) is 0 Å². The SMILES string of the molecule is CC(CC1COCCN1)Nc1cccc(Cl)n1. The van der Waals surface area contributed by atoms with Gasteiger partial charge in [-0.05, 0) is 25.5 Å². The van der Waals surface area contributed by atoms with Crippen molar-refractivity contribution in [1.29, 1.82) is 0 Å². The minimum Gasteiger partial charge on any atom is -0.379 e. The molecule has 2 rings (SSSR count). The average molecular weight is 256 g/mol. The van der Waals surface area contributed by atoms with Gasteiger partial charge in [-0.15, -0.1) is 0 Å². The first-order chi connectivity index (χ1) is 8.24. The highest BCUT2D eigenvalue weighted by atomic mass is 35.5. The monoisotopic (exact) mass is 255 g/mol. The van der Waals surface area contributed by atoms with E-state index in [1.165, 1.54) is 0 Å². The molecule has 2 atom stereocenters. The Balaban J connectivity index is 1.82. The molecule has 1 fully saturated rings. The van der Waals surface area contributed by atoms with Gasteiger partial charge in [-0.2, -0.15) is 0 Å². The largest absolute Gasteiger partial charge is 0.379 e. The minimum absolute atomic E-state index is 0.333. The summed E-state index contributed by atoms with van der Waals surface area (Å²) in [7, 11) is 0. The highest BCUT2D eigenvalue weighted by Gasteiger charge is 2.16. The highest BCUT2D eigenvalue weighted by Crippen LogP contribution is 2.12. The first kappa shape index (κ1) is 12.6. The lowest BCUT2D eigenvalue weighted by atomic mass is 10.1. The molecule has 2 N–H and O–H groups in total. The van der Waals surface area contributed by atoms with E-state index in [9.17, 15) is 0 Å². The zero-order valence-electron chi connectivity index (χ0n) is 9.95. The molecule has 17 heavy (non-hydrogen) atoms. The van der Waals surface area contributed by atoms with E-state index in [1.54, 1.807) is 6.07 Å². The van der Waals surface area contributed by atoms with E-state index >= 15 is 0 Å². The van der Waals surface area contributed by atoms with Crippen LogP contribution in [-0.4, -0.2) is 36.8 Å². The number of ether oxygens (including phenoxy) is 1. The summed E-state index contributed by atoms with van der Waals surface area (Å²) in [5, 5.41) is 7.29. The third-order valence-electron chi connectivity index (χ3n) is 2.75. The van der Waals surface area contributed by atoms with Crippen LogP contribution >= 0.6 is 11.6 Å². The van der Waals surface area contributed by atoms with Gasteiger partial charge in [0, 0.05) is 18.6 Å². The number of aromatic nitrogens is 1. The van der Waals surface area contributed by atoms with Gasteiger partial charge in [-0.1, -0.05) is 17.7 Å². The van der Waals surface area contributed by atoms with Crippen LogP contribution < -0.4 is 10.6 Å². The molecule has 0 spiro atoms. The fourth-order valence-electron chi connectivity index (χ4n) is 2.00. The fraction of sp³-hybridized carbons (Fsp3) is 0.583. The summed E-state index contributed by atoms with van der Waals surface area (Å²) in [4.78, 5) is 4.21. The van der Waals surface area contributed by atoms with Gasteiger partial charge in [0.25, 0.3) is 0 Å². The van der Waals surface area contributed by atoms with Crippen molar-refractivity contribution in [2.24, 2.45) is 0 Å². The Bertz CT molecular complexity index is 355. The Morgan fingerprint density at radius 3 is 3.24 bits per heavy atom. The van der Waals surface area contributed by atoms with Gasteiger partial charge in [0.2, 0.25) is 0 Å². The topological polar surface area (TPSA) is 46.2 Å². The maximum Gasteiger partial charge on any atom is 0.131 e. The van der Waals surface area contributed by atoms with Crippen LogP contribution in [0, 0.1) is 0 Å². The zero-order valence-corrected chi connectivity index (χ0v) is 10.7. The third-order valence-corrected chi connectivity index (χ3v) is 2.96. The second-order valence-corrected chi connectivity index (χ2v) is 4.74. The van der Waals surface area contributed by atoms with E-state index in [-0.39, 0.29) is 0 Å². The van der Waals surface area contributed by atoms with Crippen LogP contribution in [0.5, 0.6) is 0 Å². The van der Waals surface area contributed by atoms with Crippen molar-refractivity contribution in [3.63, 3.8) is 0 Å². The molecular formula is C12H18ClN3O. The predicted octanol–water partition coefficient (Wildman–Crippen LogP) is 1.91. The lowest BCUT2D eigenvalue weighted by molar-refractivity contribution is 0.0731. The number of nitrogens with one attached hydrogen (secondary N) is 2. The van der Waals surface area contributed by atoms with Gasteiger partial charge in [0.1, 0.15) is 11.0 Å². The lowest BCUT2D eigenvalue weighted by Gasteiger charge is -2.26. The van der Waals surface area contributed by atoms with Crippen molar-refractivity contribution < 1.29 is 4.74 Å². The standard InChI is InChI=1S/C12H18ClN3O/c1-9(7-10-8-17-6-5-14-10)15-12-4-2-3-11(13)16-12/h2-4,9-10,14H,5-8H2,1H3,(H,15,16). The average Bonchev–Trinajstić information content (AvgIpc) is 2.30. The summed E-state index contributed by atoms with van der Waals surface area (Å²) in [5.41, 5.74) is 0. The van der Waals surface area contributed by atoms with Gasteiger partial charge in [-0.25, -0.2) is 4.98 Å². The number of morpholine rings is 1. The molecule has 4 nitrogen and oxygen atoms in total. The van der Waals surface area contributed by atoms with Crippen molar-refractivity contribution in [3.8, 4) is 0 Å². The van der Waals surface area contributed by atoms with Crippen LogP contribution in [0.15, 0.2) is 18.2 Å². The van der Waals surface area contributed by atoms with Gasteiger partial charge in [0.15, 0.2) is 0 Å². The first-order valence-electron chi connectivity index (χ1n) is 5.94. The molecule has 5 heteroatoms. The molecule has 0 radical (unpaired) electrons. The summed E-state index contributed by atoms with van der Waals surface area (Å²) in [6.45, 7) is 4.68. The summed E-state index contributed by atoms with van der Waals surface area (Å²) in [6, 6.07) is 6.35. The molecule has 0 bridgehead atoms. The molecule has 2 unspecified atom stereocenters. The summed E-state index contributed by atoms with van der Waals surface area (Å²) >= 11 is 5.84. The molecule has 0 aromatic carbocycles. The van der Waals surface area contributed by atoms with Crippen LogP contribution in [0.1, 0.15) is 13.3 Å². The molecule has 0 amide bonds. The summed E-state index contributed by atoms with van der Waals surface area (Å²) in [5.74, 6) is 0.821. The van der Waals surface area contributed by atoms with E-state index in [0.717, 1.165) is 32.0 Å². The number of nitrogens with zero attached hydrogens (tertiary/aromatic N) is 1. The summed E-state index contributed by atoms with van der Waals surface area (Å²) < 4.78 is 5.43. The Hall–Kier alpha value is -0.840. The Morgan fingerprint density at radius 1 is 1.65 bits per heavy atom. The smallest absolute Gasteiger partial charge is 0.131 e. The maximum absolute atomic E-state index is 5.84. The van der Waals surface area contributed by atoms with E-state index < -0.39 is 0 Å². The third kappa shape index (κ3) is 4.15. The second-order valence-electron chi connectivity index (χ2n) is 4.35. The zero-order chi connectivity index (χ0) is 12.1. The van der Waals surface area contributed by atoms with Crippen molar-refractivity contribution >= 4 is 17.4 Å². The van der Waals surface area contributed by atoms with Crippen LogP contribution in [-0.2, 0) is 4.74 Å². The summed E-state index contributed by atoms with van der Waals surface area (Å²) in [6.07, 6.45) is 1.01. The fourth-order valence-corrected chi connectivity index (χ4v) is 2.16. The highest BCUT2D eigenvalue weighted by molar-refractivity contribution is 6.29. The van der Waals surface area contributed by atoms with Crippen molar-refractivity contribution in [2.45, 2.75) is 25.4 Å². The van der Waals surface area contributed by atoms with E-state index in [0.29, 0.717) is 17.2 Å². The first-order valence-corrected chi connectivity index (χ1v) is 6.32. The Kier molecular flexibility index (Phi) is 4.59. The van der Waals surface area contributed by atoms with Crippen LogP contribution in [0.3, 0.4) is 0 Å². The van der Waals surface area contributed by atoms with Gasteiger partial charge < -0.3 is 15.4 Å². The molecule has 0 saturated carbocycles. The number of halogens is 1. The van der Waals surface area contributed by atoms with E-state index in [2.05, 4.69) is 22.5 Å². The molecule has 1 aromatic rings. The molecule has 94 valence electrons. The molecule has 1 aliphatic heterocycles. The molecular weight excluding hydrogens is 238 g/mol. The Labute approximate surface area is 107 Å². The van der Waals surface area contributed by atoms with E-state index in [4.69, 9.17) is 16.3 Å². The lowest BCUT2D eigenvalue weighted by Crippen LogP contribution is -2.43. The van der Waals surface area contributed by atoms with Gasteiger partial charge in [0.05, 0.1) is 13.2 Å². The number of pyridine rings is 1. The molecule has 1 saturated heterocycles. The van der Waals surface area contributed by atoms with E-state index in [1.807, 2.05) is 12.1 Å². The quantitative estimate of drug-likeness (QED) is 0.807. The normalized spacial score (nSPS) is 22.1. The molecule has 0 aliphatic carbocycles.